The minimum Gasteiger partial charge on any atom is -0.495 e. The number of sulfonamides is 1. The van der Waals surface area contributed by atoms with Gasteiger partial charge in [0, 0.05) is 26.2 Å². The van der Waals surface area contributed by atoms with Gasteiger partial charge in [-0.3, -0.25) is 4.31 Å². The first-order chi connectivity index (χ1) is 10.4. The molecule has 0 radical (unpaired) electrons. The number of benzene rings is 1. The maximum Gasteiger partial charge on any atom is 0.232 e. The fourth-order valence-electron chi connectivity index (χ4n) is 2.11. The van der Waals surface area contributed by atoms with Crippen molar-refractivity contribution in [3.05, 3.63) is 24.3 Å². The Labute approximate surface area is 133 Å². The highest BCUT2D eigenvalue weighted by Crippen LogP contribution is 2.29. The lowest BCUT2D eigenvalue weighted by Gasteiger charge is -2.26. The van der Waals surface area contributed by atoms with Gasteiger partial charge in [0.2, 0.25) is 10.0 Å². The van der Waals surface area contributed by atoms with Gasteiger partial charge >= 0.3 is 0 Å². The van der Waals surface area contributed by atoms with Crippen molar-refractivity contribution in [2.75, 3.05) is 37.4 Å². The molecule has 0 spiro atoms. The topological polar surface area (TPSA) is 65.1 Å². The van der Waals surface area contributed by atoms with Gasteiger partial charge < -0.3 is 14.2 Å². The number of nitrogens with zero attached hydrogens (tertiary/aromatic N) is 1. The van der Waals surface area contributed by atoms with Crippen molar-refractivity contribution in [1.29, 1.82) is 0 Å². The predicted octanol–water partition coefficient (Wildman–Crippen LogP) is 2.25. The molecule has 0 atom stereocenters. The van der Waals surface area contributed by atoms with Crippen LogP contribution in [0.3, 0.4) is 0 Å². The van der Waals surface area contributed by atoms with E-state index in [2.05, 4.69) is 0 Å². The van der Waals surface area contributed by atoms with E-state index in [0.717, 1.165) is 0 Å². The van der Waals surface area contributed by atoms with Crippen LogP contribution in [-0.4, -0.2) is 47.8 Å². The summed E-state index contributed by atoms with van der Waals surface area (Å²) >= 11 is 0. The van der Waals surface area contributed by atoms with Crippen LogP contribution in [0.2, 0.25) is 0 Å². The average molecular weight is 331 g/mol. The monoisotopic (exact) mass is 331 g/mol. The third-order valence-corrected chi connectivity index (χ3v) is 4.21. The predicted molar refractivity (Wildman–Crippen MR) is 86.8 cm³/mol. The Bertz CT molecular complexity index is 541. The van der Waals surface area contributed by atoms with Crippen LogP contribution in [0.4, 0.5) is 5.69 Å². The molecule has 7 heteroatoms. The SMILES string of the molecule is CCOC(CCN(c1ccccc1OC)S(C)(=O)=O)OCC. The Morgan fingerprint density at radius 1 is 1.14 bits per heavy atom. The van der Waals surface area contributed by atoms with E-state index in [4.69, 9.17) is 14.2 Å². The summed E-state index contributed by atoms with van der Waals surface area (Å²) in [6.45, 7) is 5.03. The fourth-order valence-corrected chi connectivity index (χ4v) is 3.06. The number of hydrogen-bond donors (Lipinski definition) is 0. The maximum atomic E-state index is 12.1. The molecule has 0 saturated carbocycles. The lowest BCUT2D eigenvalue weighted by atomic mass is 10.3. The molecule has 0 aliphatic rings. The van der Waals surface area contributed by atoms with Crippen molar-refractivity contribution in [2.24, 2.45) is 0 Å². The molecule has 1 aromatic carbocycles. The van der Waals surface area contributed by atoms with Gasteiger partial charge in [-0.05, 0) is 26.0 Å². The lowest BCUT2D eigenvalue weighted by Crippen LogP contribution is -2.34. The molecule has 0 unspecified atom stereocenters. The Hall–Kier alpha value is -1.31. The molecule has 6 nitrogen and oxygen atoms in total. The molecule has 1 aromatic rings. The highest BCUT2D eigenvalue weighted by Gasteiger charge is 2.22. The van der Waals surface area contributed by atoms with E-state index in [1.165, 1.54) is 17.7 Å². The van der Waals surface area contributed by atoms with E-state index >= 15 is 0 Å². The second-order valence-corrected chi connectivity index (χ2v) is 6.54. The molecule has 1 rings (SSSR count). The minimum absolute atomic E-state index is 0.254. The van der Waals surface area contributed by atoms with Crippen LogP contribution < -0.4 is 9.04 Å². The van der Waals surface area contributed by atoms with E-state index in [9.17, 15) is 8.42 Å². The molecular weight excluding hydrogens is 306 g/mol. The Morgan fingerprint density at radius 3 is 2.23 bits per heavy atom. The normalized spacial score (nSPS) is 11.7. The average Bonchev–Trinajstić information content (AvgIpc) is 2.47. The molecule has 0 amide bonds. The molecular formula is C15H25NO5S. The highest BCUT2D eigenvalue weighted by molar-refractivity contribution is 7.92. The summed E-state index contributed by atoms with van der Waals surface area (Å²) in [4.78, 5) is 0. The van der Waals surface area contributed by atoms with E-state index in [1.807, 2.05) is 13.8 Å². The van der Waals surface area contributed by atoms with Gasteiger partial charge in [0.25, 0.3) is 0 Å². The first-order valence-electron chi connectivity index (χ1n) is 7.27. The van der Waals surface area contributed by atoms with Crippen LogP contribution in [0.15, 0.2) is 24.3 Å². The quantitative estimate of drug-likeness (QED) is 0.615. The molecule has 0 aliphatic heterocycles. The number of anilines is 1. The smallest absolute Gasteiger partial charge is 0.232 e. The fraction of sp³-hybridized carbons (Fsp3) is 0.600. The maximum absolute atomic E-state index is 12.1. The summed E-state index contributed by atoms with van der Waals surface area (Å²) in [5, 5.41) is 0. The van der Waals surface area contributed by atoms with Crippen LogP contribution in [0.5, 0.6) is 5.75 Å². The number of rotatable bonds is 10. The van der Waals surface area contributed by atoms with Gasteiger partial charge in [-0.1, -0.05) is 12.1 Å². The first-order valence-corrected chi connectivity index (χ1v) is 9.12. The summed E-state index contributed by atoms with van der Waals surface area (Å²) in [7, 11) is -1.92. The summed E-state index contributed by atoms with van der Waals surface area (Å²) in [5.41, 5.74) is 0.513. The van der Waals surface area contributed by atoms with Gasteiger partial charge in [-0.15, -0.1) is 0 Å². The lowest BCUT2D eigenvalue weighted by molar-refractivity contribution is -0.137. The number of ether oxygens (including phenoxy) is 3. The van der Waals surface area contributed by atoms with E-state index in [0.29, 0.717) is 31.1 Å². The molecule has 0 saturated heterocycles. The second kappa shape index (κ2) is 8.97. The summed E-state index contributed by atoms with van der Waals surface area (Å²) in [6.07, 6.45) is 1.19. The first kappa shape index (κ1) is 18.7. The Morgan fingerprint density at radius 2 is 1.73 bits per heavy atom. The zero-order valence-corrected chi connectivity index (χ0v) is 14.4. The minimum atomic E-state index is -3.43. The molecule has 0 aromatic heterocycles. The van der Waals surface area contributed by atoms with Crippen molar-refractivity contribution < 1.29 is 22.6 Å². The van der Waals surface area contributed by atoms with Gasteiger partial charge in [0.05, 0.1) is 19.1 Å². The molecule has 0 aliphatic carbocycles. The van der Waals surface area contributed by atoms with Crippen LogP contribution in [0.25, 0.3) is 0 Å². The van der Waals surface area contributed by atoms with Crippen LogP contribution >= 0.6 is 0 Å². The van der Waals surface area contributed by atoms with E-state index in [1.54, 1.807) is 24.3 Å². The summed E-state index contributed by atoms with van der Waals surface area (Å²) in [6, 6.07) is 7.02. The highest BCUT2D eigenvalue weighted by atomic mass is 32.2. The van der Waals surface area contributed by atoms with E-state index in [-0.39, 0.29) is 6.54 Å². The Balaban J connectivity index is 2.95. The number of hydrogen-bond acceptors (Lipinski definition) is 5. The van der Waals surface area contributed by atoms with Crippen molar-refractivity contribution in [3.63, 3.8) is 0 Å². The van der Waals surface area contributed by atoms with Crippen LogP contribution in [0.1, 0.15) is 20.3 Å². The molecule has 0 bridgehead atoms. The van der Waals surface area contributed by atoms with Crippen molar-refractivity contribution in [2.45, 2.75) is 26.6 Å². The summed E-state index contributed by atoms with van der Waals surface area (Å²) in [5.74, 6) is 0.511. The molecule has 0 N–H and O–H groups in total. The summed E-state index contributed by atoms with van der Waals surface area (Å²) < 4.78 is 41.7. The molecule has 0 heterocycles. The van der Waals surface area contributed by atoms with Gasteiger partial charge in [-0.25, -0.2) is 8.42 Å². The number of para-hydroxylation sites is 2. The van der Waals surface area contributed by atoms with Gasteiger partial charge in [0.1, 0.15) is 5.75 Å². The third-order valence-electron chi connectivity index (χ3n) is 3.03. The van der Waals surface area contributed by atoms with Crippen LogP contribution in [0, 0.1) is 0 Å². The number of methoxy groups -OCH3 is 1. The largest absolute Gasteiger partial charge is 0.495 e. The zero-order chi connectivity index (χ0) is 16.6. The van der Waals surface area contributed by atoms with Gasteiger partial charge in [-0.2, -0.15) is 0 Å². The van der Waals surface area contributed by atoms with Gasteiger partial charge in [0.15, 0.2) is 6.29 Å². The third kappa shape index (κ3) is 5.47. The zero-order valence-electron chi connectivity index (χ0n) is 13.6. The van der Waals surface area contributed by atoms with Crippen molar-refractivity contribution in [3.8, 4) is 5.75 Å². The van der Waals surface area contributed by atoms with Crippen LogP contribution in [-0.2, 0) is 19.5 Å². The van der Waals surface area contributed by atoms with E-state index < -0.39 is 16.3 Å². The standard InChI is InChI=1S/C15H25NO5S/c1-5-20-15(21-6-2)11-12-16(22(4,17)18)13-9-7-8-10-14(13)19-3/h7-10,15H,5-6,11-12H2,1-4H3. The molecule has 22 heavy (non-hydrogen) atoms. The Kier molecular flexibility index (Phi) is 7.64. The van der Waals surface area contributed by atoms with Crippen molar-refractivity contribution in [1.82, 2.24) is 0 Å². The van der Waals surface area contributed by atoms with Crippen molar-refractivity contribution >= 4 is 15.7 Å². The molecule has 126 valence electrons. The molecule has 0 fully saturated rings. The second-order valence-electron chi connectivity index (χ2n) is 4.64.